The van der Waals surface area contributed by atoms with E-state index in [9.17, 15) is 4.79 Å². The van der Waals surface area contributed by atoms with E-state index in [1.54, 1.807) is 6.92 Å². The summed E-state index contributed by atoms with van der Waals surface area (Å²) in [5.41, 5.74) is 9.86. The van der Waals surface area contributed by atoms with Crippen molar-refractivity contribution < 1.29 is 4.79 Å². The van der Waals surface area contributed by atoms with Gasteiger partial charge in [0.2, 0.25) is 0 Å². The molecule has 0 radical (unpaired) electrons. The fourth-order valence-electron chi connectivity index (χ4n) is 1.58. The fraction of sp³-hybridized carbons (Fsp3) is 0.0769. The number of benzene rings is 1. The molecule has 0 unspecified atom stereocenters. The lowest BCUT2D eigenvalue weighted by Gasteiger charge is -2.05. The molecule has 5 heteroatoms. The second kappa shape index (κ2) is 5.18. The van der Waals surface area contributed by atoms with Gasteiger partial charge < -0.3 is 10.3 Å². The summed E-state index contributed by atoms with van der Waals surface area (Å²) >= 11 is 0. The summed E-state index contributed by atoms with van der Waals surface area (Å²) < 4.78 is 2.01. The summed E-state index contributed by atoms with van der Waals surface area (Å²) in [5.74, 6) is 0. The molecular formula is C13H14N4O. The van der Waals surface area contributed by atoms with Crippen LogP contribution in [0.5, 0.6) is 0 Å². The lowest BCUT2D eigenvalue weighted by Crippen LogP contribution is -2.25. The van der Waals surface area contributed by atoms with Crippen LogP contribution in [-0.2, 0) is 0 Å². The van der Waals surface area contributed by atoms with Crippen LogP contribution in [-0.4, -0.2) is 16.3 Å². The van der Waals surface area contributed by atoms with Crippen molar-refractivity contribution in [3.05, 3.63) is 54.4 Å². The average Bonchev–Trinajstić information content (AvgIpc) is 2.90. The summed E-state index contributed by atoms with van der Waals surface area (Å²) in [5, 5.41) is 3.87. The zero-order valence-electron chi connectivity index (χ0n) is 10.00. The molecule has 1 heterocycles. The van der Waals surface area contributed by atoms with E-state index in [1.807, 2.05) is 53.4 Å². The van der Waals surface area contributed by atoms with Gasteiger partial charge >= 0.3 is 6.03 Å². The molecule has 1 aromatic carbocycles. The van der Waals surface area contributed by atoms with E-state index in [2.05, 4.69) is 10.5 Å². The van der Waals surface area contributed by atoms with Crippen LogP contribution in [0.25, 0.3) is 5.69 Å². The summed E-state index contributed by atoms with van der Waals surface area (Å²) in [4.78, 5) is 10.5. The van der Waals surface area contributed by atoms with Crippen molar-refractivity contribution in [2.24, 2.45) is 10.8 Å². The Balaban J connectivity index is 2.17. The predicted octanol–water partition coefficient (Wildman–Crippen LogP) is 1.87. The number of urea groups is 1. The Kier molecular flexibility index (Phi) is 3.43. The molecule has 92 valence electrons. The lowest BCUT2D eigenvalue weighted by atomic mass is 10.1. The minimum absolute atomic E-state index is 0.668. The first kappa shape index (κ1) is 11.9. The van der Waals surface area contributed by atoms with Crippen molar-refractivity contribution in [1.82, 2.24) is 9.99 Å². The number of carbonyl (C=O) groups excluding carboxylic acids is 1. The lowest BCUT2D eigenvalue weighted by molar-refractivity contribution is 0.249. The number of nitrogens with one attached hydrogen (secondary N) is 1. The standard InChI is InChI=1S/C13H14N4O/c1-10(15-16-13(14)18)11-4-6-12(7-5-11)17-8-2-3-9-17/h2-9H,1H3,(H3,14,16,18)/b15-10+. The van der Waals surface area contributed by atoms with Gasteiger partial charge in [0.25, 0.3) is 0 Å². The third kappa shape index (κ3) is 2.76. The molecule has 0 saturated heterocycles. The van der Waals surface area contributed by atoms with E-state index in [0.717, 1.165) is 11.3 Å². The summed E-state index contributed by atoms with van der Waals surface area (Å²) in [6.45, 7) is 1.81. The maximum absolute atomic E-state index is 10.5. The molecule has 0 spiro atoms. The second-order valence-electron chi connectivity index (χ2n) is 3.81. The molecule has 0 aliphatic carbocycles. The number of aromatic nitrogens is 1. The van der Waals surface area contributed by atoms with Gasteiger partial charge in [-0.25, -0.2) is 10.2 Å². The van der Waals surface area contributed by atoms with E-state index in [-0.39, 0.29) is 0 Å². The van der Waals surface area contributed by atoms with E-state index in [1.165, 1.54) is 0 Å². The van der Waals surface area contributed by atoms with Gasteiger partial charge in [-0.2, -0.15) is 5.10 Å². The molecule has 2 rings (SSSR count). The fourth-order valence-corrected chi connectivity index (χ4v) is 1.58. The van der Waals surface area contributed by atoms with Gasteiger partial charge in [0, 0.05) is 18.1 Å². The highest BCUT2D eigenvalue weighted by molar-refractivity contribution is 5.99. The van der Waals surface area contributed by atoms with E-state index < -0.39 is 6.03 Å². The predicted molar refractivity (Wildman–Crippen MR) is 70.7 cm³/mol. The van der Waals surface area contributed by atoms with Gasteiger partial charge in [-0.1, -0.05) is 12.1 Å². The minimum atomic E-state index is -0.668. The molecule has 0 atom stereocenters. The first-order valence-corrected chi connectivity index (χ1v) is 5.50. The number of amides is 2. The van der Waals surface area contributed by atoms with Crippen LogP contribution in [0.4, 0.5) is 4.79 Å². The van der Waals surface area contributed by atoms with E-state index in [0.29, 0.717) is 5.71 Å². The number of carbonyl (C=O) groups is 1. The van der Waals surface area contributed by atoms with Gasteiger partial charge in [0.05, 0.1) is 5.71 Å². The molecule has 18 heavy (non-hydrogen) atoms. The highest BCUT2D eigenvalue weighted by Crippen LogP contribution is 2.10. The number of hydrazone groups is 1. The van der Waals surface area contributed by atoms with Gasteiger partial charge in [0.15, 0.2) is 0 Å². The molecule has 3 N–H and O–H groups in total. The molecular weight excluding hydrogens is 228 g/mol. The van der Waals surface area contributed by atoms with Gasteiger partial charge in [0.1, 0.15) is 0 Å². The van der Waals surface area contributed by atoms with Crippen LogP contribution in [0.2, 0.25) is 0 Å². The largest absolute Gasteiger partial charge is 0.350 e. The molecule has 5 nitrogen and oxygen atoms in total. The smallest absolute Gasteiger partial charge is 0.332 e. The number of primary amides is 1. The maximum Gasteiger partial charge on any atom is 0.332 e. The maximum atomic E-state index is 10.5. The number of hydrogen-bond acceptors (Lipinski definition) is 2. The molecule has 0 aliphatic heterocycles. The molecule has 2 amide bonds. The Morgan fingerprint density at radius 3 is 2.39 bits per heavy atom. The van der Waals surface area contributed by atoms with Gasteiger partial charge in [-0.3, -0.25) is 0 Å². The van der Waals surface area contributed by atoms with Crippen molar-refractivity contribution in [1.29, 1.82) is 0 Å². The highest BCUT2D eigenvalue weighted by atomic mass is 16.2. The van der Waals surface area contributed by atoms with Crippen LogP contribution in [0.1, 0.15) is 12.5 Å². The molecule has 0 bridgehead atoms. The van der Waals surface area contributed by atoms with Crippen molar-refractivity contribution >= 4 is 11.7 Å². The van der Waals surface area contributed by atoms with Gasteiger partial charge in [-0.05, 0) is 36.8 Å². The molecule has 0 saturated carbocycles. The molecule has 2 aromatic rings. The van der Waals surface area contributed by atoms with E-state index in [4.69, 9.17) is 5.73 Å². The zero-order valence-corrected chi connectivity index (χ0v) is 10.00. The van der Waals surface area contributed by atoms with Crippen molar-refractivity contribution in [3.8, 4) is 5.69 Å². The van der Waals surface area contributed by atoms with Crippen LogP contribution in [0, 0.1) is 0 Å². The number of rotatable bonds is 3. The molecule has 0 fully saturated rings. The normalized spacial score (nSPS) is 11.3. The topological polar surface area (TPSA) is 72.4 Å². The van der Waals surface area contributed by atoms with Crippen molar-refractivity contribution in [2.45, 2.75) is 6.92 Å². The van der Waals surface area contributed by atoms with E-state index >= 15 is 0 Å². The third-order valence-electron chi connectivity index (χ3n) is 2.52. The minimum Gasteiger partial charge on any atom is -0.350 e. The zero-order chi connectivity index (χ0) is 13.0. The van der Waals surface area contributed by atoms with Crippen LogP contribution in [0.3, 0.4) is 0 Å². The van der Waals surface area contributed by atoms with Crippen LogP contribution < -0.4 is 11.2 Å². The number of hydrogen-bond donors (Lipinski definition) is 2. The molecule has 0 aliphatic rings. The Bertz CT molecular complexity index is 555. The molecule has 1 aromatic heterocycles. The van der Waals surface area contributed by atoms with Crippen molar-refractivity contribution in [2.75, 3.05) is 0 Å². The number of nitrogens with two attached hydrogens (primary N) is 1. The Morgan fingerprint density at radius 2 is 1.83 bits per heavy atom. The monoisotopic (exact) mass is 242 g/mol. The SMILES string of the molecule is C/C(=N\NC(N)=O)c1ccc(-n2cccc2)cc1. The Labute approximate surface area is 105 Å². The van der Waals surface area contributed by atoms with Gasteiger partial charge in [-0.15, -0.1) is 0 Å². The summed E-state index contributed by atoms with van der Waals surface area (Å²) in [7, 11) is 0. The quantitative estimate of drug-likeness (QED) is 0.626. The highest BCUT2D eigenvalue weighted by Gasteiger charge is 1.99. The van der Waals surface area contributed by atoms with Crippen molar-refractivity contribution in [3.63, 3.8) is 0 Å². The van der Waals surface area contributed by atoms with Crippen LogP contribution in [0.15, 0.2) is 53.9 Å². The first-order chi connectivity index (χ1) is 8.66. The second-order valence-corrected chi connectivity index (χ2v) is 3.81. The van der Waals surface area contributed by atoms with Crippen LogP contribution >= 0.6 is 0 Å². The average molecular weight is 242 g/mol. The Morgan fingerprint density at radius 1 is 1.22 bits per heavy atom. The summed E-state index contributed by atoms with van der Waals surface area (Å²) in [6.07, 6.45) is 3.95. The number of nitrogens with zero attached hydrogens (tertiary/aromatic N) is 2. The first-order valence-electron chi connectivity index (χ1n) is 5.50. The Hall–Kier alpha value is -2.56. The summed E-state index contributed by atoms with van der Waals surface area (Å²) in [6, 6.07) is 11.1. The third-order valence-corrected chi connectivity index (χ3v) is 2.52.